The lowest BCUT2D eigenvalue weighted by Crippen LogP contribution is -2.65. The number of aliphatic hydroxyl groups excluding tert-OH is 2. The van der Waals surface area contributed by atoms with Gasteiger partial charge in [0.15, 0.2) is 11.4 Å². The third-order valence-electron chi connectivity index (χ3n) is 8.03. The van der Waals surface area contributed by atoms with Crippen molar-refractivity contribution < 1.29 is 34.4 Å². The maximum absolute atomic E-state index is 13.9. The lowest BCUT2D eigenvalue weighted by molar-refractivity contribution is -0.153. The quantitative estimate of drug-likeness (QED) is 0.327. The van der Waals surface area contributed by atoms with E-state index in [1.165, 1.54) is 11.0 Å². The molecule has 196 valence electrons. The molecule has 1 aromatic rings. The number of aliphatic hydroxyl groups is 3. The molecule has 1 saturated carbocycles. The Morgan fingerprint density at radius 1 is 1.22 bits per heavy atom. The van der Waals surface area contributed by atoms with Gasteiger partial charge in [0.25, 0.3) is 5.91 Å². The zero-order chi connectivity index (χ0) is 26.8. The summed E-state index contributed by atoms with van der Waals surface area (Å²) in [4.78, 5) is 54.4. The molecule has 12 nitrogen and oxygen atoms in total. The summed E-state index contributed by atoms with van der Waals surface area (Å²) in [6, 6.07) is 2.09. The molecule has 5 rings (SSSR count). The highest BCUT2D eigenvalue weighted by molar-refractivity contribution is 6.24. The molecule has 12 heteroatoms. The number of carbonyl (C=O) groups excluding carboxylic acids is 3. The number of primary amides is 1. The highest BCUT2D eigenvalue weighted by Crippen LogP contribution is 2.53. The van der Waals surface area contributed by atoms with Crippen molar-refractivity contribution in [3.8, 4) is 0 Å². The minimum Gasteiger partial charge on any atom is -0.508 e. The van der Waals surface area contributed by atoms with Crippen LogP contribution in [-0.2, 0) is 25.5 Å². The number of fused-ring (bicyclic) bond motifs is 3. The number of nitrogens with two attached hydrogens (primary N) is 1. The van der Waals surface area contributed by atoms with Gasteiger partial charge >= 0.3 is 0 Å². The Balaban J connectivity index is 1.72. The van der Waals surface area contributed by atoms with Crippen LogP contribution in [0.25, 0.3) is 5.76 Å². The maximum Gasteiger partial charge on any atom is 0.255 e. The Morgan fingerprint density at radius 3 is 2.49 bits per heavy atom. The molecule has 1 saturated heterocycles. The van der Waals surface area contributed by atoms with Gasteiger partial charge in [-0.15, -0.1) is 4.91 Å². The van der Waals surface area contributed by atoms with E-state index in [1.807, 2.05) is 0 Å². The van der Waals surface area contributed by atoms with Crippen molar-refractivity contribution in [2.45, 2.75) is 24.5 Å². The minimum atomic E-state index is -2.67. The Kier molecular flexibility index (Phi) is 5.93. The van der Waals surface area contributed by atoms with Crippen LogP contribution < -0.4 is 10.6 Å². The highest BCUT2D eigenvalue weighted by Gasteiger charge is 2.64. The third kappa shape index (κ3) is 3.43. The van der Waals surface area contributed by atoms with Gasteiger partial charge in [-0.2, -0.15) is 0 Å². The van der Waals surface area contributed by atoms with Gasteiger partial charge in [0.05, 0.1) is 24.8 Å². The highest BCUT2D eigenvalue weighted by atomic mass is 16.5. The topological polar surface area (TPSA) is 183 Å². The number of nitroso groups, excluding NO2 is 1. The number of morpholine rings is 1. The van der Waals surface area contributed by atoms with Crippen LogP contribution in [0.1, 0.15) is 17.5 Å². The van der Waals surface area contributed by atoms with E-state index in [-0.39, 0.29) is 29.7 Å². The van der Waals surface area contributed by atoms with Crippen molar-refractivity contribution in [3.63, 3.8) is 0 Å². The molecule has 0 spiro atoms. The summed E-state index contributed by atoms with van der Waals surface area (Å²) < 4.78 is 5.44. The Labute approximate surface area is 211 Å². The van der Waals surface area contributed by atoms with Crippen molar-refractivity contribution in [1.82, 2.24) is 4.90 Å². The average molecular weight is 513 g/mol. The normalized spacial score (nSPS) is 29.7. The first-order valence-electron chi connectivity index (χ1n) is 12.0. The zero-order valence-corrected chi connectivity index (χ0v) is 20.4. The van der Waals surface area contributed by atoms with E-state index < -0.39 is 58.0 Å². The van der Waals surface area contributed by atoms with Crippen molar-refractivity contribution >= 4 is 34.6 Å². The van der Waals surface area contributed by atoms with Crippen molar-refractivity contribution in [3.05, 3.63) is 45.1 Å². The van der Waals surface area contributed by atoms with Crippen LogP contribution in [0.15, 0.2) is 34.2 Å². The van der Waals surface area contributed by atoms with Gasteiger partial charge in [0.2, 0.25) is 5.78 Å². The van der Waals surface area contributed by atoms with Gasteiger partial charge in [-0.25, -0.2) is 0 Å². The number of benzene rings is 1. The molecule has 2 fully saturated rings. The van der Waals surface area contributed by atoms with Gasteiger partial charge < -0.3 is 30.7 Å². The summed E-state index contributed by atoms with van der Waals surface area (Å²) in [6.45, 7) is 2.20. The summed E-state index contributed by atoms with van der Waals surface area (Å²) in [6.07, 6.45) is 0.262. The first-order chi connectivity index (χ1) is 17.5. The molecule has 37 heavy (non-hydrogen) atoms. The van der Waals surface area contributed by atoms with Crippen LogP contribution in [0, 0.1) is 16.7 Å². The fourth-order valence-electron chi connectivity index (χ4n) is 6.40. The second-order valence-corrected chi connectivity index (χ2v) is 10.1. The Bertz CT molecular complexity index is 1300. The Morgan fingerprint density at radius 2 is 1.89 bits per heavy atom. The molecule has 0 unspecified atom stereocenters. The first-order valence-corrected chi connectivity index (χ1v) is 12.0. The number of ketones is 2. The number of carbonyl (C=O) groups is 3. The Hall–Kier alpha value is -3.61. The average Bonchev–Trinajstić information content (AvgIpc) is 2.85. The standard InChI is InChI=1S/C25H28N4O8/c1-28(2)19-13-10-11-9-12-15(29-5-7-37-8-6-29)4-3-14(27-36)17(12)20(30)16(11)22(32)25(13,35)23(33)18(21(19)31)24(26)34/h3-4,11,13,19,30,33,35H,5-10H2,1-2H3,(H2,26,34)/t11-,13-,19-,25-/m0/s1. The number of amides is 1. The molecule has 1 aromatic carbocycles. The smallest absolute Gasteiger partial charge is 0.255 e. The number of rotatable bonds is 4. The lowest BCUT2D eigenvalue weighted by atomic mass is 9.57. The number of hydrogen-bond acceptors (Lipinski definition) is 11. The van der Waals surface area contributed by atoms with Crippen LogP contribution in [0.2, 0.25) is 0 Å². The molecule has 5 N–H and O–H groups in total. The first kappa shape index (κ1) is 25.1. The summed E-state index contributed by atoms with van der Waals surface area (Å²) in [5.41, 5.74) is 3.08. The number of nitrogens with zero attached hydrogens (tertiary/aromatic N) is 3. The zero-order valence-electron chi connectivity index (χ0n) is 20.4. The van der Waals surface area contributed by atoms with Gasteiger partial charge in [0.1, 0.15) is 22.8 Å². The van der Waals surface area contributed by atoms with E-state index in [1.54, 1.807) is 20.2 Å². The van der Waals surface area contributed by atoms with E-state index in [0.717, 1.165) is 5.69 Å². The van der Waals surface area contributed by atoms with Gasteiger partial charge in [-0.1, -0.05) is 0 Å². The van der Waals surface area contributed by atoms with Crippen LogP contribution in [0.4, 0.5) is 11.4 Å². The van der Waals surface area contributed by atoms with Gasteiger partial charge in [-0.3, -0.25) is 19.3 Å². The SMILES string of the molecule is CN(C)[C@@H]1C(=O)C(C(N)=O)=C(O)[C@@]2(O)C(=O)C3=C(O)c4c(N=O)ccc(N5CCOCC5)c4C[C@H]3C[C@@H]12. The third-order valence-corrected chi connectivity index (χ3v) is 8.03. The summed E-state index contributed by atoms with van der Waals surface area (Å²) in [5.74, 6) is -6.48. The molecule has 0 bridgehead atoms. The van der Waals surface area contributed by atoms with Crippen molar-refractivity contribution in [2.75, 3.05) is 45.3 Å². The molecule has 4 aliphatic rings. The maximum atomic E-state index is 13.9. The second-order valence-electron chi connectivity index (χ2n) is 10.1. The largest absolute Gasteiger partial charge is 0.508 e. The number of ether oxygens (including phenoxy) is 1. The van der Waals surface area contributed by atoms with Crippen molar-refractivity contribution in [2.24, 2.45) is 22.7 Å². The molecular formula is C25H28N4O8. The van der Waals surface area contributed by atoms with Gasteiger partial charge in [-0.05, 0) is 55.7 Å². The summed E-state index contributed by atoms with van der Waals surface area (Å²) in [5, 5.41) is 37.0. The van der Waals surface area contributed by atoms with E-state index in [0.29, 0.717) is 31.9 Å². The second kappa shape index (κ2) is 8.75. The van der Waals surface area contributed by atoms with Crippen LogP contribution >= 0.6 is 0 Å². The number of likely N-dealkylation sites (N-methyl/N-ethyl adjacent to an activating group) is 1. The van der Waals surface area contributed by atoms with Gasteiger partial charge in [0, 0.05) is 30.3 Å². The monoisotopic (exact) mass is 512 g/mol. The van der Waals surface area contributed by atoms with Crippen molar-refractivity contribution in [1.29, 1.82) is 0 Å². The van der Waals surface area contributed by atoms with E-state index in [9.17, 15) is 34.6 Å². The fourth-order valence-corrected chi connectivity index (χ4v) is 6.40. The van der Waals surface area contributed by atoms with Crippen LogP contribution in [0.3, 0.4) is 0 Å². The lowest BCUT2D eigenvalue weighted by Gasteiger charge is -2.50. The fraction of sp³-hybridized carbons (Fsp3) is 0.480. The number of Topliss-reactive ketones (excluding diaryl/α,β-unsaturated/α-hetero) is 2. The number of anilines is 1. The molecule has 1 amide bonds. The molecule has 0 radical (unpaired) electrons. The predicted molar refractivity (Wildman–Crippen MR) is 131 cm³/mol. The molecule has 1 heterocycles. The predicted octanol–water partition coefficient (Wildman–Crippen LogP) is 0.493. The molecule has 0 aromatic heterocycles. The van der Waals surface area contributed by atoms with Crippen LogP contribution in [0.5, 0.6) is 0 Å². The molecular weight excluding hydrogens is 484 g/mol. The van der Waals surface area contributed by atoms with E-state index >= 15 is 0 Å². The molecule has 3 aliphatic carbocycles. The molecule has 4 atom stereocenters. The van der Waals surface area contributed by atoms with E-state index in [4.69, 9.17) is 10.5 Å². The number of hydrogen-bond donors (Lipinski definition) is 4. The summed E-state index contributed by atoms with van der Waals surface area (Å²) >= 11 is 0. The van der Waals surface area contributed by atoms with E-state index in [2.05, 4.69) is 10.1 Å². The minimum absolute atomic E-state index is 0.0348. The summed E-state index contributed by atoms with van der Waals surface area (Å²) in [7, 11) is 3.12. The molecule has 1 aliphatic heterocycles. The van der Waals surface area contributed by atoms with Crippen LogP contribution in [-0.4, -0.2) is 89.7 Å².